The molecule has 2 aromatic carbocycles. The number of carbonyl (C=O) groups is 1. The third-order valence-corrected chi connectivity index (χ3v) is 5.12. The Kier molecular flexibility index (Phi) is 5.52. The van der Waals surface area contributed by atoms with Crippen molar-refractivity contribution in [1.29, 1.82) is 5.26 Å². The van der Waals surface area contributed by atoms with Gasteiger partial charge in [-0.25, -0.2) is 9.78 Å². The SMILES string of the molecule is COC(=O)c1ccc(-c2cc(CN3CCOCC3)c3ccc(C#N)cc3n2)cc1. The van der Waals surface area contributed by atoms with Crippen molar-refractivity contribution in [2.75, 3.05) is 33.4 Å². The summed E-state index contributed by atoms with van der Waals surface area (Å²) in [5.74, 6) is -0.366. The number of esters is 1. The summed E-state index contributed by atoms with van der Waals surface area (Å²) in [7, 11) is 1.37. The maximum atomic E-state index is 11.7. The lowest BCUT2D eigenvalue weighted by Crippen LogP contribution is -2.35. The van der Waals surface area contributed by atoms with Gasteiger partial charge in [0.25, 0.3) is 0 Å². The van der Waals surface area contributed by atoms with E-state index in [1.807, 2.05) is 30.3 Å². The van der Waals surface area contributed by atoms with Crippen LogP contribution in [0.15, 0.2) is 48.5 Å². The van der Waals surface area contributed by atoms with Crippen LogP contribution in [0.25, 0.3) is 22.2 Å². The Labute approximate surface area is 169 Å². The summed E-state index contributed by atoms with van der Waals surface area (Å²) in [4.78, 5) is 18.9. The number of carbonyl (C=O) groups excluding carboxylic acids is 1. The molecule has 0 unspecified atom stereocenters. The Hall–Kier alpha value is -3.27. The van der Waals surface area contributed by atoms with Crippen molar-refractivity contribution in [3.8, 4) is 17.3 Å². The lowest BCUT2D eigenvalue weighted by molar-refractivity contribution is 0.0343. The number of rotatable bonds is 4. The van der Waals surface area contributed by atoms with Gasteiger partial charge in [-0.3, -0.25) is 4.90 Å². The van der Waals surface area contributed by atoms with Crippen LogP contribution in [-0.4, -0.2) is 49.3 Å². The second-order valence-electron chi connectivity index (χ2n) is 6.97. The standard InChI is InChI=1S/C23H21N3O3/c1-28-23(27)18-5-3-17(4-6-18)21-13-19(15-26-8-10-29-11-9-26)20-7-2-16(14-24)12-22(20)25-21/h2-7,12-13H,8-11,15H2,1H3. The fraction of sp³-hybridized carbons (Fsp3) is 0.261. The number of benzene rings is 2. The minimum absolute atomic E-state index is 0.366. The quantitative estimate of drug-likeness (QED) is 0.639. The molecule has 0 radical (unpaired) electrons. The molecule has 0 amide bonds. The van der Waals surface area contributed by atoms with Crippen LogP contribution in [0.1, 0.15) is 21.5 Å². The smallest absolute Gasteiger partial charge is 0.337 e. The zero-order chi connectivity index (χ0) is 20.2. The van der Waals surface area contributed by atoms with Gasteiger partial charge in [0.05, 0.1) is 48.7 Å². The normalized spacial score (nSPS) is 14.5. The van der Waals surface area contributed by atoms with Crippen LogP contribution in [0.5, 0.6) is 0 Å². The van der Waals surface area contributed by atoms with E-state index in [2.05, 4.69) is 17.0 Å². The average Bonchev–Trinajstić information content (AvgIpc) is 2.78. The number of nitrogens with zero attached hydrogens (tertiary/aromatic N) is 3. The van der Waals surface area contributed by atoms with Gasteiger partial charge in [0.15, 0.2) is 0 Å². The van der Waals surface area contributed by atoms with Crippen molar-refractivity contribution < 1.29 is 14.3 Å². The first kappa shape index (κ1) is 19.1. The Morgan fingerprint density at radius 2 is 1.93 bits per heavy atom. The van der Waals surface area contributed by atoms with Crippen molar-refractivity contribution in [3.05, 3.63) is 65.2 Å². The summed E-state index contributed by atoms with van der Waals surface area (Å²) in [6.07, 6.45) is 0. The van der Waals surface area contributed by atoms with Crippen LogP contribution in [0.2, 0.25) is 0 Å². The first-order valence-electron chi connectivity index (χ1n) is 9.50. The summed E-state index contributed by atoms with van der Waals surface area (Å²) < 4.78 is 10.2. The van der Waals surface area contributed by atoms with E-state index in [9.17, 15) is 10.1 Å². The van der Waals surface area contributed by atoms with Crippen LogP contribution in [0.4, 0.5) is 0 Å². The van der Waals surface area contributed by atoms with Gasteiger partial charge < -0.3 is 9.47 Å². The molecule has 0 atom stereocenters. The molecular formula is C23H21N3O3. The first-order chi connectivity index (χ1) is 14.2. The number of ether oxygens (including phenoxy) is 2. The van der Waals surface area contributed by atoms with Crippen LogP contribution < -0.4 is 0 Å². The molecule has 1 fully saturated rings. The van der Waals surface area contributed by atoms with Gasteiger partial charge in [0.2, 0.25) is 0 Å². The Bertz CT molecular complexity index is 1080. The highest BCUT2D eigenvalue weighted by Crippen LogP contribution is 2.27. The van der Waals surface area contributed by atoms with Gasteiger partial charge in [-0.1, -0.05) is 18.2 Å². The van der Waals surface area contributed by atoms with Crippen LogP contribution >= 0.6 is 0 Å². The number of fused-ring (bicyclic) bond motifs is 1. The van der Waals surface area contributed by atoms with E-state index < -0.39 is 0 Å². The minimum Gasteiger partial charge on any atom is -0.465 e. The molecular weight excluding hydrogens is 366 g/mol. The second kappa shape index (κ2) is 8.39. The highest BCUT2D eigenvalue weighted by molar-refractivity contribution is 5.90. The summed E-state index contributed by atoms with van der Waals surface area (Å²) in [5.41, 5.74) is 4.76. The number of nitriles is 1. The molecule has 1 saturated heterocycles. The van der Waals surface area contributed by atoms with E-state index in [1.165, 1.54) is 7.11 Å². The Morgan fingerprint density at radius 1 is 1.17 bits per heavy atom. The fourth-order valence-corrected chi connectivity index (χ4v) is 3.54. The zero-order valence-corrected chi connectivity index (χ0v) is 16.2. The summed E-state index contributed by atoms with van der Waals surface area (Å²) in [6.45, 7) is 4.06. The van der Waals surface area contributed by atoms with E-state index in [4.69, 9.17) is 14.5 Å². The number of hydrogen-bond acceptors (Lipinski definition) is 6. The molecule has 1 aromatic heterocycles. The third kappa shape index (κ3) is 4.11. The summed E-state index contributed by atoms with van der Waals surface area (Å²) in [5, 5.41) is 10.3. The van der Waals surface area contributed by atoms with E-state index >= 15 is 0 Å². The topological polar surface area (TPSA) is 75.4 Å². The van der Waals surface area contributed by atoms with E-state index in [1.54, 1.807) is 12.1 Å². The zero-order valence-electron chi connectivity index (χ0n) is 16.2. The van der Waals surface area contributed by atoms with Gasteiger partial charge in [0.1, 0.15) is 0 Å². The van der Waals surface area contributed by atoms with E-state index in [0.717, 1.165) is 60.6 Å². The molecule has 3 aromatic rings. The average molecular weight is 387 g/mol. The number of hydrogen-bond donors (Lipinski definition) is 0. The molecule has 146 valence electrons. The molecule has 1 aliphatic heterocycles. The molecule has 0 spiro atoms. The van der Waals surface area contributed by atoms with Crippen LogP contribution in [0, 0.1) is 11.3 Å². The molecule has 6 nitrogen and oxygen atoms in total. The summed E-state index contributed by atoms with van der Waals surface area (Å²) in [6, 6.07) is 17.1. The molecule has 1 aliphatic rings. The van der Waals surface area contributed by atoms with Gasteiger partial charge in [0, 0.05) is 30.6 Å². The predicted octanol–water partition coefficient (Wildman–Crippen LogP) is 3.39. The lowest BCUT2D eigenvalue weighted by Gasteiger charge is -2.27. The van der Waals surface area contributed by atoms with E-state index in [-0.39, 0.29) is 5.97 Å². The van der Waals surface area contributed by atoms with Crippen LogP contribution in [0.3, 0.4) is 0 Å². The first-order valence-corrected chi connectivity index (χ1v) is 9.50. The maximum absolute atomic E-state index is 11.7. The number of pyridine rings is 1. The largest absolute Gasteiger partial charge is 0.465 e. The predicted molar refractivity (Wildman–Crippen MR) is 109 cm³/mol. The molecule has 29 heavy (non-hydrogen) atoms. The van der Waals surface area contributed by atoms with Crippen molar-refractivity contribution in [1.82, 2.24) is 9.88 Å². The molecule has 0 N–H and O–H groups in total. The van der Waals surface area contributed by atoms with Crippen molar-refractivity contribution in [3.63, 3.8) is 0 Å². The van der Waals surface area contributed by atoms with Gasteiger partial charge >= 0.3 is 5.97 Å². The molecule has 6 heteroatoms. The number of morpholine rings is 1. The van der Waals surface area contributed by atoms with Gasteiger partial charge in [-0.05, 0) is 35.9 Å². The molecule has 0 saturated carbocycles. The minimum atomic E-state index is -0.366. The van der Waals surface area contributed by atoms with Crippen molar-refractivity contribution >= 4 is 16.9 Å². The lowest BCUT2D eigenvalue weighted by atomic mass is 10.0. The van der Waals surface area contributed by atoms with Crippen molar-refractivity contribution in [2.24, 2.45) is 0 Å². The molecule has 2 heterocycles. The van der Waals surface area contributed by atoms with Crippen molar-refractivity contribution in [2.45, 2.75) is 6.54 Å². The monoisotopic (exact) mass is 387 g/mol. The highest BCUT2D eigenvalue weighted by atomic mass is 16.5. The Balaban J connectivity index is 1.76. The maximum Gasteiger partial charge on any atom is 0.337 e. The molecule has 0 aliphatic carbocycles. The number of aromatic nitrogens is 1. The number of methoxy groups -OCH3 is 1. The summed E-state index contributed by atoms with van der Waals surface area (Å²) >= 11 is 0. The third-order valence-electron chi connectivity index (χ3n) is 5.12. The van der Waals surface area contributed by atoms with E-state index in [0.29, 0.717) is 11.1 Å². The second-order valence-corrected chi connectivity index (χ2v) is 6.97. The molecule has 0 bridgehead atoms. The Morgan fingerprint density at radius 3 is 2.62 bits per heavy atom. The van der Waals surface area contributed by atoms with Gasteiger partial charge in [-0.15, -0.1) is 0 Å². The highest BCUT2D eigenvalue weighted by Gasteiger charge is 2.15. The fourth-order valence-electron chi connectivity index (χ4n) is 3.54. The van der Waals surface area contributed by atoms with Crippen LogP contribution in [-0.2, 0) is 16.0 Å². The van der Waals surface area contributed by atoms with Gasteiger partial charge in [-0.2, -0.15) is 5.26 Å². The molecule has 4 rings (SSSR count).